The van der Waals surface area contributed by atoms with Crippen molar-refractivity contribution in [1.29, 1.82) is 0 Å². The second kappa shape index (κ2) is 13.0. The lowest BCUT2D eigenvalue weighted by Gasteiger charge is -2.51. The highest BCUT2D eigenvalue weighted by molar-refractivity contribution is 7.00. The van der Waals surface area contributed by atoms with Crippen LogP contribution in [0.1, 0.15) is 123 Å². The molecule has 336 valence electrons. The molecule has 0 radical (unpaired) electrons. The Morgan fingerprint density at radius 1 is 0.559 bits per heavy atom. The molecular formula is C63H60BN3O. The van der Waals surface area contributed by atoms with Gasteiger partial charge in [-0.2, -0.15) is 0 Å². The normalized spacial score (nSPS) is 20.7. The third-order valence-electron chi connectivity index (χ3n) is 18.0. The monoisotopic (exact) mass is 885 g/mol. The summed E-state index contributed by atoms with van der Waals surface area (Å²) in [6.07, 6.45) is 4.78. The van der Waals surface area contributed by atoms with Gasteiger partial charge in [0.2, 0.25) is 0 Å². The predicted octanol–water partition coefficient (Wildman–Crippen LogP) is 14.8. The quantitative estimate of drug-likeness (QED) is 0.162. The van der Waals surface area contributed by atoms with E-state index in [0.29, 0.717) is 0 Å². The van der Waals surface area contributed by atoms with Gasteiger partial charge in [0.1, 0.15) is 11.2 Å². The van der Waals surface area contributed by atoms with Gasteiger partial charge in [0.05, 0.1) is 22.3 Å². The molecule has 0 saturated heterocycles. The Morgan fingerprint density at radius 2 is 1.25 bits per heavy atom. The van der Waals surface area contributed by atoms with Crippen LogP contribution in [-0.2, 0) is 21.7 Å². The molecule has 0 N–H and O–H groups in total. The van der Waals surface area contributed by atoms with E-state index in [1.165, 1.54) is 114 Å². The average molecular weight is 886 g/mol. The van der Waals surface area contributed by atoms with Crippen LogP contribution >= 0.6 is 0 Å². The first-order valence-corrected chi connectivity index (χ1v) is 25.3. The number of fused-ring (bicyclic) bond motifs is 15. The summed E-state index contributed by atoms with van der Waals surface area (Å²) in [7, 11) is 0. The van der Waals surface area contributed by atoms with Gasteiger partial charge in [-0.25, -0.2) is 0 Å². The Hall–Kier alpha value is -6.46. The van der Waals surface area contributed by atoms with Crippen molar-refractivity contribution >= 4 is 84.4 Å². The van der Waals surface area contributed by atoms with Crippen molar-refractivity contribution in [3.05, 3.63) is 161 Å². The van der Waals surface area contributed by atoms with E-state index >= 15 is 0 Å². The summed E-state index contributed by atoms with van der Waals surface area (Å²) in [6.45, 7) is 24.2. The number of para-hydroxylation sites is 2. The number of aromatic nitrogens is 1. The molecule has 0 amide bonds. The molecule has 5 aliphatic rings. The number of rotatable bonds is 2. The summed E-state index contributed by atoms with van der Waals surface area (Å²) in [5.74, 6) is 0. The smallest absolute Gasteiger partial charge is 0.252 e. The van der Waals surface area contributed by atoms with Crippen molar-refractivity contribution in [3.8, 4) is 16.9 Å². The molecule has 5 heteroatoms. The van der Waals surface area contributed by atoms with Crippen LogP contribution in [0, 0.1) is 0 Å². The molecule has 2 unspecified atom stereocenters. The number of anilines is 5. The largest absolute Gasteiger partial charge is 0.456 e. The maximum Gasteiger partial charge on any atom is 0.252 e. The van der Waals surface area contributed by atoms with E-state index in [-0.39, 0.29) is 33.9 Å². The molecule has 0 bridgehead atoms. The highest BCUT2D eigenvalue weighted by Crippen LogP contribution is 2.62. The van der Waals surface area contributed by atoms with E-state index in [2.05, 4.69) is 217 Å². The summed E-state index contributed by atoms with van der Waals surface area (Å²) < 4.78 is 9.45. The highest BCUT2D eigenvalue weighted by Gasteiger charge is 2.58. The van der Waals surface area contributed by atoms with Gasteiger partial charge in [-0.15, -0.1) is 0 Å². The maximum absolute atomic E-state index is 6.71. The topological polar surface area (TPSA) is 24.6 Å². The summed E-state index contributed by atoms with van der Waals surface area (Å²) in [5.41, 5.74) is 24.3. The molecule has 3 aliphatic heterocycles. The van der Waals surface area contributed by atoms with Crippen LogP contribution in [0.15, 0.2) is 138 Å². The summed E-state index contributed by atoms with van der Waals surface area (Å²) in [6, 6.07) is 51.9. The van der Waals surface area contributed by atoms with Crippen molar-refractivity contribution in [2.45, 2.75) is 122 Å². The Bertz CT molecular complexity index is 3700. The zero-order valence-electron chi connectivity index (χ0n) is 41.4. The fourth-order valence-corrected chi connectivity index (χ4v) is 14.4. The molecule has 2 atom stereocenters. The van der Waals surface area contributed by atoms with Crippen LogP contribution in [0.25, 0.3) is 49.8 Å². The lowest BCUT2D eigenvalue weighted by molar-refractivity contribution is 0.195. The first-order chi connectivity index (χ1) is 32.5. The Labute approximate surface area is 401 Å². The number of hydrogen-bond donors (Lipinski definition) is 0. The van der Waals surface area contributed by atoms with Crippen molar-refractivity contribution in [2.75, 3.05) is 9.80 Å². The zero-order chi connectivity index (χ0) is 46.6. The molecule has 5 heterocycles. The van der Waals surface area contributed by atoms with Gasteiger partial charge in [-0.05, 0) is 117 Å². The second-order valence-electron chi connectivity index (χ2n) is 24.0. The molecule has 2 aliphatic carbocycles. The number of hydrogen-bond acceptors (Lipinski definition) is 3. The number of benzene rings is 7. The minimum atomic E-state index is -0.172. The molecule has 1 fully saturated rings. The van der Waals surface area contributed by atoms with Crippen LogP contribution in [0.4, 0.5) is 28.4 Å². The van der Waals surface area contributed by atoms with Crippen molar-refractivity contribution < 1.29 is 4.42 Å². The average Bonchev–Trinajstić information content (AvgIpc) is 4.00. The second-order valence-corrected chi connectivity index (χ2v) is 24.0. The van der Waals surface area contributed by atoms with Crippen LogP contribution in [0.3, 0.4) is 0 Å². The SMILES string of the molecule is CC(C)(C)c1ccc2c(c1)N(c1cccc3oc4ccccc4c13)c1cc(N3c4ccc(C(C)(C)C)cc4C4(C)CCCCC34C)cc3c1B2c1cccc2c4c(n-3c12)-c1ccccc1C4(C)C. The zero-order valence-corrected chi connectivity index (χ0v) is 41.4. The van der Waals surface area contributed by atoms with E-state index < -0.39 is 0 Å². The summed E-state index contributed by atoms with van der Waals surface area (Å²) >= 11 is 0. The van der Waals surface area contributed by atoms with Gasteiger partial charge in [-0.3, -0.25) is 0 Å². The van der Waals surface area contributed by atoms with Gasteiger partial charge in [0.15, 0.2) is 0 Å². The van der Waals surface area contributed by atoms with Gasteiger partial charge in [0.25, 0.3) is 6.71 Å². The number of nitrogens with zero attached hydrogens (tertiary/aromatic N) is 3. The first kappa shape index (κ1) is 40.6. The molecule has 9 aromatic rings. The third-order valence-corrected chi connectivity index (χ3v) is 18.0. The molecule has 1 saturated carbocycles. The summed E-state index contributed by atoms with van der Waals surface area (Å²) in [4.78, 5) is 5.48. The molecule has 7 aromatic carbocycles. The molecule has 0 spiro atoms. The van der Waals surface area contributed by atoms with E-state index in [1.54, 1.807) is 0 Å². The Kier molecular flexibility index (Phi) is 7.76. The van der Waals surface area contributed by atoms with Gasteiger partial charge >= 0.3 is 0 Å². The van der Waals surface area contributed by atoms with Gasteiger partial charge in [-0.1, -0.05) is 166 Å². The first-order valence-electron chi connectivity index (χ1n) is 25.3. The van der Waals surface area contributed by atoms with Crippen LogP contribution in [0.2, 0.25) is 0 Å². The Morgan fingerprint density at radius 3 is 2.07 bits per heavy atom. The minimum absolute atomic E-state index is 0.0231. The molecule has 14 rings (SSSR count). The molecular weight excluding hydrogens is 826 g/mol. The van der Waals surface area contributed by atoms with Crippen LogP contribution in [-0.4, -0.2) is 16.8 Å². The Balaban J connectivity index is 1.16. The van der Waals surface area contributed by atoms with E-state index in [9.17, 15) is 0 Å². The highest BCUT2D eigenvalue weighted by atomic mass is 16.3. The van der Waals surface area contributed by atoms with Crippen molar-refractivity contribution in [1.82, 2.24) is 4.57 Å². The van der Waals surface area contributed by atoms with E-state index in [0.717, 1.165) is 34.0 Å². The third kappa shape index (κ3) is 4.93. The standard InChI is InChI=1S/C63H60BN3O/c1-59(2,3)37-28-30-47-44(33-37)62(9)31-15-16-32-63(62,10)67(47)39-35-50-56-51(36-39)66-57-42(55-58(66)40-19-11-13-22-43(40)61(55,7)8)21-17-23-46(57)64(56)45-29-27-38(60(4,5)6)34-49(45)65(50)48-24-18-26-53-54(48)41-20-12-14-25-52(41)68-53/h11-14,17-30,33-36H,15-16,31-32H2,1-10H3. The molecule has 4 nitrogen and oxygen atoms in total. The maximum atomic E-state index is 6.71. The van der Waals surface area contributed by atoms with Gasteiger partial charge in [0, 0.05) is 61.1 Å². The van der Waals surface area contributed by atoms with E-state index in [1.807, 2.05) is 0 Å². The van der Waals surface area contributed by atoms with E-state index in [4.69, 9.17) is 4.42 Å². The fourth-order valence-electron chi connectivity index (χ4n) is 14.4. The minimum Gasteiger partial charge on any atom is -0.456 e. The number of furan rings is 1. The predicted molar refractivity (Wildman–Crippen MR) is 288 cm³/mol. The van der Waals surface area contributed by atoms with Crippen LogP contribution < -0.4 is 26.2 Å². The molecule has 2 aromatic heterocycles. The van der Waals surface area contributed by atoms with Crippen molar-refractivity contribution in [3.63, 3.8) is 0 Å². The lowest BCUT2D eigenvalue weighted by atomic mass is 9.33. The van der Waals surface area contributed by atoms with Gasteiger partial charge < -0.3 is 18.8 Å². The lowest BCUT2D eigenvalue weighted by Crippen LogP contribution is -2.60. The van der Waals surface area contributed by atoms with Crippen LogP contribution in [0.5, 0.6) is 0 Å². The fraction of sp³-hybridized carbons (Fsp3) is 0.302. The van der Waals surface area contributed by atoms with Crippen molar-refractivity contribution in [2.24, 2.45) is 0 Å². The molecule has 68 heavy (non-hydrogen) atoms. The summed E-state index contributed by atoms with van der Waals surface area (Å²) in [5, 5.41) is 3.66.